The van der Waals surface area contributed by atoms with Gasteiger partial charge in [-0.25, -0.2) is 0 Å². The van der Waals surface area contributed by atoms with Gasteiger partial charge >= 0.3 is 5.97 Å². The Morgan fingerprint density at radius 2 is 1.77 bits per heavy atom. The third kappa shape index (κ3) is 5.37. The number of fused-ring (bicyclic) bond motifs is 5. The van der Waals surface area contributed by atoms with Crippen LogP contribution in [0.2, 0.25) is 0 Å². The summed E-state index contributed by atoms with van der Waals surface area (Å²) in [7, 11) is 0. The minimum atomic E-state index is -0.310. The number of esters is 1. The molecule has 0 aromatic heterocycles. The van der Waals surface area contributed by atoms with E-state index >= 15 is 0 Å². The van der Waals surface area contributed by atoms with Crippen LogP contribution in [-0.4, -0.2) is 29.6 Å². The van der Waals surface area contributed by atoms with Crippen LogP contribution >= 0.6 is 0 Å². The Kier molecular flexibility index (Phi) is 8.13. The highest BCUT2D eigenvalue weighted by Crippen LogP contribution is 2.68. The van der Waals surface area contributed by atoms with Crippen molar-refractivity contribution in [2.75, 3.05) is 6.61 Å². The van der Waals surface area contributed by atoms with Crippen molar-refractivity contribution < 1.29 is 19.4 Å². The standard InChI is InChI=1S/C32H45N3O4/c1-20(4-13-30(38)39-19-29(37)21-5-8-23(9-6-21)34-35-33)26-11-12-27-25-10-7-22-18-24(36)14-16-31(22,2)28(25)15-17-32(26,27)3/h5-6,8-9,20,22,24-28,36H,4,7,10-19H2,1-3H3/t20-,22?,24-,25+,26-,27+,28+,31+,32-/m1/s1. The highest BCUT2D eigenvalue weighted by atomic mass is 16.5. The van der Waals surface area contributed by atoms with E-state index in [1.54, 1.807) is 24.3 Å². The number of rotatable bonds is 8. The number of ketones is 1. The summed E-state index contributed by atoms with van der Waals surface area (Å²) >= 11 is 0. The van der Waals surface area contributed by atoms with E-state index in [-0.39, 0.29) is 24.5 Å². The summed E-state index contributed by atoms with van der Waals surface area (Å²) in [6.45, 7) is 7.14. The molecule has 212 valence electrons. The minimum Gasteiger partial charge on any atom is -0.457 e. The second-order valence-electron chi connectivity index (χ2n) is 13.6. The van der Waals surface area contributed by atoms with E-state index < -0.39 is 0 Å². The van der Waals surface area contributed by atoms with E-state index in [0.29, 0.717) is 46.3 Å². The van der Waals surface area contributed by atoms with Crippen LogP contribution in [-0.2, 0) is 9.53 Å². The van der Waals surface area contributed by atoms with Crippen LogP contribution < -0.4 is 0 Å². The second-order valence-corrected chi connectivity index (χ2v) is 13.6. The van der Waals surface area contributed by atoms with Crippen LogP contribution in [0, 0.1) is 46.3 Å². The SMILES string of the molecule is C[C@H](CCC(=O)OCC(=O)c1ccc(N=[N+]=[N-])cc1)[C@H]1CC[C@H]2[C@@H]3CCC4C[C@H](O)CC[C@]4(C)[C@H]3CC[C@]12C. The van der Waals surface area contributed by atoms with Gasteiger partial charge in [-0.3, -0.25) is 9.59 Å². The number of benzene rings is 1. The maximum atomic E-state index is 12.5. The number of hydrogen-bond donors (Lipinski definition) is 1. The van der Waals surface area contributed by atoms with Gasteiger partial charge in [-0.2, -0.15) is 0 Å². The van der Waals surface area contributed by atoms with Gasteiger partial charge in [0.2, 0.25) is 0 Å². The fourth-order valence-electron chi connectivity index (χ4n) is 9.82. The van der Waals surface area contributed by atoms with Crippen molar-refractivity contribution in [1.82, 2.24) is 0 Å². The van der Waals surface area contributed by atoms with Crippen molar-refractivity contribution in [2.45, 2.75) is 97.5 Å². The summed E-state index contributed by atoms with van der Waals surface area (Å²) in [4.78, 5) is 27.7. The predicted molar refractivity (Wildman–Crippen MR) is 150 cm³/mol. The van der Waals surface area contributed by atoms with E-state index in [1.807, 2.05) is 0 Å². The number of hydrogen-bond acceptors (Lipinski definition) is 5. The fraction of sp³-hybridized carbons (Fsp3) is 0.750. The Bertz CT molecular complexity index is 1110. The third-order valence-corrected chi connectivity index (χ3v) is 11.9. The highest BCUT2D eigenvalue weighted by Gasteiger charge is 2.60. The van der Waals surface area contributed by atoms with Crippen molar-refractivity contribution in [3.63, 3.8) is 0 Å². The van der Waals surface area contributed by atoms with Crippen LogP contribution in [0.15, 0.2) is 29.4 Å². The average molecular weight is 536 g/mol. The molecule has 0 bridgehead atoms. The number of carbonyl (C=O) groups excluding carboxylic acids is 2. The van der Waals surface area contributed by atoms with Crippen LogP contribution in [0.5, 0.6) is 0 Å². The predicted octanol–water partition coefficient (Wildman–Crippen LogP) is 7.79. The Labute approximate surface area is 232 Å². The molecule has 0 saturated heterocycles. The summed E-state index contributed by atoms with van der Waals surface area (Å²) in [5.41, 5.74) is 10.1. The van der Waals surface area contributed by atoms with Gasteiger partial charge in [0.15, 0.2) is 12.4 Å². The molecular formula is C32H45N3O4. The topological polar surface area (TPSA) is 112 Å². The molecule has 1 unspecified atom stereocenters. The first-order chi connectivity index (χ1) is 18.7. The van der Waals surface area contributed by atoms with Crippen LogP contribution in [0.3, 0.4) is 0 Å². The molecule has 1 aromatic rings. The molecule has 4 saturated carbocycles. The minimum absolute atomic E-state index is 0.0908. The maximum Gasteiger partial charge on any atom is 0.306 e. The van der Waals surface area contributed by atoms with Crippen molar-refractivity contribution in [1.29, 1.82) is 0 Å². The third-order valence-electron chi connectivity index (χ3n) is 11.9. The summed E-state index contributed by atoms with van der Waals surface area (Å²) in [5, 5.41) is 13.8. The molecule has 0 spiro atoms. The van der Waals surface area contributed by atoms with E-state index in [2.05, 4.69) is 30.8 Å². The zero-order valence-corrected chi connectivity index (χ0v) is 23.8. The smallest absolute Gasteiger partial charge is 0.306 e. The summed E-state index contributed by atoms with van der Waals surface area (Å²) in [6.07, 6.45) is 12.0. The quantitative estimate of drug-likeness (QED) is 0.120. The summed E-state index contributed by atoms with van der Waals surface area (Å²) in [6, 6.07) is 6.31. The van der Waals surface area contributed by atoms with Crippen molar-refractivity contribution in [2.24, 2.45) is 51.5 Å². The fourth-order valence-corrected chi connectivity index (χ4v) is 9.82. The number of Topliss-reactive ketones (excluding diaryl/α,β-unsaturated/α-hetero) is 1. The first kappa shape index (κ1) is 28.2. The molecule has 0 aliphatic heterocycles. The molecule has 7 heteroatoms. The molecule has 1 aromatic carbocycles. The molecule has 5 rings (SSSR count). The van der Waals surface area contributed by atoms with Gasteiger partial charge in [-0.15, -0.1) is 0 Å². The normalized spacial score (nSPS) is 37.9. The second kappa shape index (κ2) is 11.2. The lowest BCUT2D eigenvalue weighted by atomic mass is 9.44. The average Bonchev–Trinajstić information content (AvgIpc) is 3.28. The first-order valence-electron chi connectivity index (χ1n) is 15.2. The van der Waals surface area contributed by atoms with E-state index in [9.17, 15) is 14.7 Å². The van der Waals surface area contributed by atoms with Crippen molar-refractivity contribution in [3.05, 3.63) is 40.3 Å². The molecule has 4 fully saturated rings. The van der Waals surface area contributed by atoms with E-state index in [0.717, 1.165) is 37.0 Å². The number of aliphatic hydroxyl groups is 1. The number of aliphatic hydroxyl groups excluding tert-OH is 1. The van der Waals surface area contributed by atoms with Crippen LogP contribution in [0.1, 0.15) is 102 Å². The first-order valence-corrected chi connectivity index (χ1v) is 15.2. The zero-order valence-electron chi connectivity index (χ0n) is 23.8. The lowest BCUT2D eigenvalue weighted by molar-refractivity contribution is -0.143. The highest BCUT2D eigenvalue weighted by molar-refractivity contribution is 5.98. The molecule has 0 heterocycles. The van der Waals surface area contributed by atoms with Crippen LogP contribution in [0.4, 0.5) is 5.69 Å². The Hall–Kier alpha value is -2.37. The summed E-state index contributed by atoms with van der Waals surface area (Å²) < 4.78 is 5.33. The number of carbonyl (C=O) groups is 2. The van der Waals surface area contributed by atoms with E-state index in [1.165, 1.54) is 44.9 Å². The van der Waals surface area contributed by atoms with Gasteiger partial charge in [-0.05, 0) is 116 Å². The van der Waals surface area contributed by atoms with Gasteiger partial charge in [-0.1, -0.05) is 50.2 Å². The van der Waals surface area contributed by atoms with E-state index in [4.69, 9.17) is 10.3 Å². The zero-order chi connectivity index (χ0) is 27.8. The number of ether oxygens (including phenoxy) is 1. The van der Waals surface area contributed by atoms with Crippen LogP contribution in [0.25, 0.3) is 10.4 Å². The molecule has 39 heavy (non-hydrogen) atoms. The maximum absolute atomic E-state index is 12.5. The van der Waals surface area contributed by atoms with Gasteiger partial charge in [0.1, 0.15) is 0 Å². The monoisotopic (exact) mass is 535 g/mol. The molecule has 9 atom stereocenters. The Morgan fingerprint density at radius 1 is 1.05 bits per heavy atom. The molecule has 1 N–H and O–H groups in total. The molecule has 4 aliphatic carbocycles. The van der Waals surface area contributed by atoms with Gasteiger partial charge in [0.05, 0.1) is 6.10 Å². The van der Waals surface area contributed by atoms with Gasteiger partial charge < -0.3 is 9.84 Å². The lowest BCUT2D eigenvalue weighted by Crippen LogP contribution is -2.54. The van der Waals surface area contributed by atoms with Crippen molar-refractivity contribution in [3.8, 4) is 0 Å². The molecule has 4 aliphatic rings. The molecule has 0 radical (unpaired) electrons. The van der Waals surface area contributed by atoms with Gasteiger partial charge in [0, 0.05) is 22.6 Å². The van der Waals surface area contributed by atoms with Gasteiger partial charge in [0.25, 0.3) is 0 Å². The number of nitrogens with zero attached hydrogens (tertiary/aromatic N) is 3. The summed E-state index contributed by atoms with van der Waals surface area (Å²) in [5.74, 6) is 3.60. The molecule has 7 nitrogen and oxygen atoms in total. The molecular weight excluding hydrogens is 490 g/mol. The lowest BCUT2D eigenvalue weighted by Gasteiger charge is -2.61. The number of azide groups is 1. The largest absolute Gasteiger partial charge is 0.457 e. The molecule has 0 amide bonds. The Morgan fingerprint density at radius 3 is 2.51 bits per heavy atom. The van der Waals surface area contributed by atoms with Crippen molar-refractivity contribution >= 4 is 17.4 Å². The Balaban J connectivity index is 1.13.